The van der Waals surface area contributed by atoms with Crippen molar-refractivity contribution in [3.8, 4) is 0 Å². The van der Waals surface area contributed by atoms with E-state index in [1.165, 1.54) is 6.07 Å². The van der Waals surface area contributed by atoms with Crippen molar-refractivity contribution in [2.24, 2.45) is 0 Å². The standard InChI is InChI=1S/C11H8F2O2/c1-6-4-10(15-11(6)14)7-2-3-8(12)9(13)5-7/h2-3,5,10H,1,4H2. The van der Waals surface area contributed by atoms with Gasteiger partial charge in [-0.15, -0.1) is 0 Å². The Kier molecular flexibility index (Phi) is 2.26. The quantitative estimate of drug-likeness (QED) is 0.525. The lowest BCUT2D eigenvalue weighted by molar-refractivity contribution is -0.139. The van der Waals surface area contributed by atoms with Crippen molar-refractivity contribution in [3.63, 3.8) is 0 Å². The van der Waals surface area contributed by atoms with E-state index in [9.17, 15) is 13.6 Å². The predicted octanol–water partition coefficient (Wildman–Crippen LogP) is 2.51. The summed E-state index contributed by atoms with van der Waals surface area (Å²) in [4.78, 5) is 11.0. The molecule has 1 fully saturated rings. The topological polar surface area (TPSA) is 26.3 Å². The number of hydrogen-bond acceptors (Lipinski definition) is 2. The zero-order valence-corrected chi connectivity index (χ0v) is 7.80. The molecule has 4 heteroatoms. The predicted molar refractivity (Wildman–Crippen MR) is 48.9 cm³/mol. The number of hydrogen-bond donors (Lipinski definition) is 0. The highest BCUT2D eigenvalue weighted by Crippen LogP contribution is 2.32. The van der Waals surface area contributed by atoms with Gasteiger partial charge in [0.25, 0.3) is 0 Å². The van der Waals surface area contributed by atoms with Crippen LogP contribution >= 0.6 is 0 Å². The average Bonchev–Trinajstić information content (AvgIpc) is 2.52. The molecule has 1 heterocycles. The van der Waals surface area contributed by atoms with Crippen molar-refractivity contribution in [1.29, 1.82) is 0 Å². The van der Waals surface area contributed by atoms with Crippen molar-refractivity contribution < 1.29 is 18.3 Å². The number of halogens is 2. The molecule has 0 N–H and O–H groups in total. The van der Waals surface area contributed by atoms with Gasteiger partial charge in [-0.3, -0.25) is 0 Å². The largest absolute Gasteiger partial charge is 0.454 e. The number of rotatable bonds is 1. The lowest BCUT2D eigenvalue weighted by Gasteiger charge is -2.08. The second-order valence-corrected chi connectivity index (χ2v) is 3.38. The second kappa shape index (κ2) is 3.46. The maximum Gasteiger partial charge on any atom is 0.334 e. The monoisotopic (exact) mass is 210 g/mol. The summed E-state index contributed by atoms with van der Waals surface area (Å²) in [6.07, 6.45) is -0.218. The lowest BCUT2D eigenvalue weighted by Crippen LogP contribution is -1.99. The Morgan fingerprint density at radius 3 is 2.60 bits per heavy atom. The minimum Gasteiger partial charge on any atom is -0.454 e. The van der Waals surface area contributed by atoms with Crippen LogP contribution in [-0.2, 0) is 9.53 Å². The van der Waals surface area contributed by atoms with Gasteiger partial charge in [-0.2, -0.15) is 0 Å². The van der Waals surface area contributed by atoms with Crippen LogP contribution in [0.4, 0.5) is 8.78 Å². The number of esters is 1. The molecule has 1 unspecified atom stereocenters. The SMILES string of the molecule is C=C1CC(c2ccc(F)c(F)c2)OC1=O. The number of cyclic esters (lactones) is 1. The average molecular weight is 210 g/mol. The first-order chi connectivity index (χ1) is 7.08. The van der Waals surface area contributed by atoms with Gasteiger partial charge in [-0.25, -0.2) is 13.6 Å². The molecule has 1 aromatic rings. The molecule has 0 radical (unpaired) electrons. The van der Waals surface area contributed by atoms with E-state index in [0.29, 0.717) is 17.6 Å². The number of ether oxygens (including phenoxy) is 1. The molecule has 2 nitrogen and oxygen atoms in total. The van der Waals surface area contributed by atoms with Crippen LogP contribution in [0, 0.1) is 11.6 Å². The molecule has 0 aromatic heterocycles. The molecule has 0 aliphatic carbocycles. The molecule has 0 saturated carbocycles. The highest BCUT2D eigenvalue weighted by molar-refractivity contribution is 5.90. The molecule has 15 heavy (non-hydrogen) atoms. The third kappa shape index (κ3) is 1.75. The fraction of sp³-hybridized carbons (Fsp3) is 0.182. The number of carbonyl (C=O) groups excluding carboxylic acids is 1. The van der Waals surface area contributed by atoms with Crippen LogP contribution in [0.2, 0.25) is 0 Å². The Morgan fingerprint density at radius 2 is 2.07 bits per heavy atom. The summed E-state index contributed by atoms with van der Waals surface area (Å²) in [7, 11) is 0. The van der Waals surface area contributed by atoms with Gasteiger partial charge in [0, 0.05) is 12.0 Å². The summed E-state index contributed by atoms with van der Waals surface area (Å²) < 4.78 is 30.5. The fourth-order valence-electron chi connectivity index (χ4n) is 1.46. The molecule has 0 bridgehead atoms. The number of carbonyl (C=O) groups is 1. The number of benzene rings is 1. The van der Waals surface area contributed by atoms with Crippen molar-refractivity contribution in [1.82, 2.24) is 0 Å². The van der Waals surface area contributed by atoms with E-state index in [0.717, 1.165) is 12.1 Å². The van der Waals surface area contributed by atoms with E-state index in [-0.39, 0.29) is 0 Å². The van der Waals surface area contributed by atoms with E-state index in [2.05, 4.69) is 6.58 Å². The van der Waals surface area contributed by atoms with Gasteiger partial charge >= 0.3 is 5.97 Å². The van der Waals surface area contributed by atoms with Crippen molar-refractivity contribution in [2.75, 3.05) is 0 Å². The van der Waals surface area contributed by atoms with Crippen LogP contribution in [0.1, 0.15) is 18.1 Å². The van der Waals surface area contributed by atoms with Gasteiger partial charge in [-0.1, -0.05) is 12.6 Å². The summed E-state index contributed by atoms with van der Waals surface area (Å²) in [5.74, 6) is -2.34. The molecule has 1 aromatic carbocycles. The first-order valence-electron chi connectivity index (χ1n) is 4.41. The smallest absolute Gasteiger partial charge is 0.334 e. The summed E-state index contributed by atoms with van der Waals surface area (Å²) in [6, 6.07) is 3.44. The van der Waals surface area contributed by atoms with Crippen LogP contribution in [-0.4, -0.2) is 5.97 Å². The first kappa shape index (κ1) is 9.83. The molecule has 0 amide bonds. The van der Waals surface area contributed by atoms with Crippen LogP contribution in [0.15, 0.2) is 30.4 Å². The van der Waals surface area contributed by atoms with Gasteiger partial charge in [0.2, 0.25) is 0 Å². The molecule has 1 aliphatic heterocycles. The van der Waals surface area contributed by atoms with Gasteiger partial charge in [-0.05, 0) is 17.7 Å². The molecule has 1 atom stereocenters. The summed E-state index contributed by atoms with van der Waals surface area (Å²) in [6.45, 7) is 3.51. The maximum atomic E-state index is 12.9. The fourth-order valence-corrected chi connectivity index (χ4v) is 1.46. The highest BCUT2D eigenvalue weighted by Gasteiger charge is 2.28. The third-order valence-corrected chi connectivity index (χ3v) is 2.29. The maximum absolute atomic E-state index is 12.9. The van der Waals surface area contributed by atoms with E-state index in [1.807, 2.05) is 0 Å². The van der Waals surface area contributed by atoms with Crippen LogP contribution < -0.4 is 0 Å². The van der Waals surface area contributed by atoms with E-state index in [4.69, 9.17) is 4.74 Å². The van der Waals surface area contributed by atoms with E-state index < -0.39 is 23.7 Å². The summed E-state index contributed by atoms with van der Waals surface area (Å²) in [5.41, 5.74) is 0.797. The van der Waals surface area contributed by atoms with Crippen molar-refractivity contribution in [3.05, 3.63) is 47.5 Å². The molecular formula is C11H8F2O2. The van der Waals surface area contributed by atoms with Crippen LogP contribution in [0.25, 0.3) is 0 Å². The zero-order chi connectivity index (χ0) is 11.0. The summed E-state index contributed by atoms with van der Waals surface area (Å²) >= 11 is 0. The first-order valence-corrected chi connectivity index (χ1v) is 4.41. The molecule has 1 aliphatic rings. The summed E-state index contributed by atoms with van der Waals surface area (Å²) in [5, 5.41) is 0. The van der Waals surface area contributed by atoms with Crippen LogP contribution in [0.5, 0.6) is 0 Å². The Bertz CT molecular complexity index is 424. The molecule has 0 spiro atoms. The minimum atomic E-state index is -0.943. The van der Waals surface area contributed by atoms with E-state index in [1.54, 1.807) is 0 Å². The third-order valence-electron chi connectivity index (χ3n) is 2.29. The van der Waals surface area contributed by atoms with Gasteiger partial charge < -0.3 is 4.74 Å². The second-order valence-electron chi connectivity index (χ2n) is 3.38. The van der Waals surface area contributed by atoms with Crippen molar-refractivity contribution in [2.45, 2.75) is 12.5 Å². The highest BCUT2D eigenvalue weighted by atomic mass is 19.2. The van der Waals surface area contributed by atoms with Gasteiger partial charge in [0.1, 0.15) is 6.10 Å². The Hall–Kier alpha value is -1.71. The van der Waals surface area contributed by atoms with Gasteiger partial charge in [0.15, 0.2) is 11.6 Å². The van der Waals surface area contributed by atoms with Crippen molar-refractivity contribution >= 4 is 5.97 Å². The Labute approximate surface area is 85.2 Å². The molecular weight excluding hydrogens is 202 g/mol. The molecule has 2 rings (SSSR count). The Morgan fingerprint density at radius 1 is 1.33 bits per heavy atom. The lowest BCUT2D eigenvalue weighted by atomic mass is 10.1. The zero-order valence-electron chi connectivity index (χ0n) is 7.80. The van der Waals surface area contributed by atoms with Crippen LogP contribution in [0.3, 0.4) is 0 Å². The van der Waals surface area contributed by atoms with Gasteiger partial charge in [0.05, 0.1) is 0 Å². The minimum absolute atomic E-state index is 0.323. The molecule has 1 saturated heterocycles. The normalized spacial score (nSPS) is 20.5. The molecule has 78 valence electrons. The van der Waals surface area contributed by atoms with E-state index >= 15 is 0 Å². The Balaban J connectivity index is 2.28.